The van der Waals surface area contributed by atoms with Crippen molar-refractivity contribution in [2.75, 3.05) is 7.11 Å². The normalized spacial score (nSPS) is 9.76. The zero-order chi connectivity index (χ0) is 12.1. The van der Waals surface area contributed by atoms with Crippen LogP contribution in [0.1, 0.15) is 11.1 Å². The van der Waals surface area contributed by atoms with Crippen LogP contribution in [0.5, 0.6) is 5.75 Å². The minimum absolute atomic E-state index is 0.237. The Labute approximate surface area is 118 Å². The molecule has 0 aliphatic heterocycles. The summed E-state index contributed by atoms with van der Waals surface area (Å²) in [5.74, 6) is 0.912. The number of halogens is 1. The molecule has 0 radical (unpaired) electrons. The topological polar surface area (TPSA) is 9.23 Å². The lowest BCUT2D eigenvalue weighted by Gasteiger charge is -2.05. The number of hydrogen-bond acceptors (Lipinski definition) is 1. The lowest BCUT2D eigenvalue weighted by Crippen LogP contribution is -2.08. The first-order valence-electron chi connectivity index (χ1n) is 5.58. The molecule has 0 saturated carbocycles. The lowest BCUT2D eigenvalue weighted by atomic mass is 10.1. The van der Waals surface area contributed by atoms with Crippen LogP contribution in [-0.2, 0) is 6.42 Å². The second-order valence-electron chi connectivity index (χ2n) is 3.98. The number of hydrogen-bond donors (Lipinski definition) is 0. The molecule has 3 heteroatoms. The molecule has 0 atom stereocenters. The molecular weight excluding hydrogens is 288 g/mol. The number of benzene rings is 2. The highest BCUT2D eigenvalue weighted by Crippen LogP contribution is 2.14. The van der Waals surface area contributed by atoms with E-state index in [0.717, 1.165) is 12.2 Å². The molecule has 0 aromatic heterocycles. The van der Waals surface area contributed by atoms with Crippen LogP contribution in [0.4, 0.5) is 0 Å². The molecule has 0 aliphatic carbocycles. The summed E-state index contributed by atoms with van der Waals surface area (Å²) in [5, 5.41) is 0. The van der Waals surface area contributed by atoms with E-state index in [9.17, 15) is 0 Å². The Morgan fingerprint density at radius 1 is 1.06 bits per heavy atom. The number of methoxy groups -OCH3 is 1. The highest BCUT2D eigenvalue weighted by atomic mass is 79.9. The Hall–Kier alpha value is -0.514. The SMILES string of the molecule is COc1ccc(Cc2ccc[c]([Mg][Br])c2)cc1. The molecule has 0 saturated heterocycles. The van der Waals surface area contributed by atoms with Crippen molar-refractivity contribution in [1.82, 2.24) is 0 Å². The fraction of sp³-hybridized carbons (Fsp3) is 0.143. The van der Waals surface area contributed by atoms with Gasteiger partial charge in [-0.3, -0.25) is 12.9 Å². The molecule has 1 nitrogen and oxygen atoms in total. The van der Waals surface area contributed by atoms with Crippen LogP contribution >= 0.6 is 12.9 Å². The summed E-state index contributed by atoms with van der Waals surface area (Å²) in [7, 11) is 1.69. The summed E-state index contributed by atoms with van der Waals surface area (Å²) in [6.45, 7) is 0. The van der Waals surface area contributed by atoms with Gasteiger partial charge in [0.25, 0.3) is 0 Å². The Kier molecular flexibility index (Phi) is 4.89. The molecule has 2 rings (SSSR count). The highest BCUT2D eigenvalue weighted by Gasteiger charge is 1.99. The summed E-state index contributed by atoms with van der Waals surface area (Å²) in [4.78, 5) is 0. The van der Waals surface area contributed by atoms with Crippen LogP contribution in [0.25, 0.3) is 0 Å². The van der Waals surface area contributed by atoms with Gasteiger partial charge in [0.05, 0.1) is 7.11 Å². The average molecular weight is 301 g/mol. The van der Waals surface area contributed by atoms with Crippen LogP contribution in [-0.4, -0.2) is 25.3 Å². The standard InChI is InChI=1S/C14H13O.BrH.Mg/c1-15-14-9-7-13(8-10-14)11-12-5-3-2-4-6-12;;/h2-3,5-10H,11H2,1H3;1H;/q;;+1/p-1. The van der Waals surface area contributed by atoms with E-state index in [1.807, 2.05) is 12.1 Å². The van der Waals surface area contributed by atoms with Crippen molar-refractivity contribution in [2.24, 2.45) is 0 Å². The van der Waals surface area contributed by atoms with E-state index in [4.69, 9.17) is 4.74 Å². The van der Waals surface area contributed by atoms with Crippen molar-refractivity contribution in [2.45, 2.75) is 6.42 Å². The minimum Gasteiger partial charge on any atom is -0.497 e. The van der Waals surface area contributed by atoms with E-state index in [0.29, 0.717) is 0 Å². The van der Waals surface area contributed by atoms with Crippen molar-refractivity contribution in [1.29, 1.82) is 0 Å². The van der Waals surface area contributed by atoms with E-state index >= 15 is 0 Å². The summed E-state index contributed by atoms with van der Waals surface area (Å²) in [5.41, 5.74) is 2.69. The lowest BCUT2D eigenvalue weighted by molar-refractivity contribution is 0.414. The first kappa shape index (κ1) is 12.9. The first-order chi connectivity index (χ1) is 8.31. The van der Waals surface area contributed by atoms with Gasteiger partial charge in [0.15, 0.2) is 0 Å². The summed E-state index contributed by atoms with van der Waals surface area (Å²) in [6, 6.07) is 17.1. The van der Waals surface area contributed by atoms with Crippen molar-refractivity contribution in [3.63, 3.8) is 0 Å². The van der Waals surface area contributed by atoms with Crippen molar-refractivity contribution in [3.8, 4) is 5.75 Å². The maximum atomic E-state index is 5.16. The fourth-order valence-corrected chi connectivity index (χ4v) is 3.41. The maximum absolute atomic E-state index is 5.16. The van der Waals surface area contributed by atoms with E-state index in [-0.39, 0.29) is 18.2 Å². The minimum atomic E-state index is -0.237. The Morgan fingerprint density at radius 3 is 2.47 bits per heavy atom. The second-order valence-corrected chi connectivity index (χ2v) is 6.74. The monoisotopic (exact) mass is 300 g/mol. The van der Waals surface area contributed by atoms with Crippen LogP contribution in [0.2, 0.25) is 0 Å². The Balaban J connectivity index is 2.13. The van der Waals surface area contributed by atoms with Crippen LogP contribution in [0.3, 0.4) is 0 Å². The molecule has 2 aromatic rings. The number of rotatable bonds is 4. The molecule has 0 fully saturated rings. The predicted molar refractivity (Wildman–Crippen MR) is 76.6 cm³/mol. The molecule has 17 heavy (non-hydrogen) atoms. The molecule has 0 unspecified atom stereocenters. The zero-order valence-electron chi connectivity index (χ0n) is 9.82. The van der Waals surface area contributed by atoms with Crippen LogP contribution in [0.15, 0.2) is 48.5 Å². The van der Waals surface area contributed by atoms with E-state index in [1.165, 1.54) is 14.8 Å². The number of ether oxygens (including phenoxy) is 1. The second kappa shape index (κ2) is 6.43. The molecule has 0 aliphatic rings. The zero-order valence-corrected chi connectivity index (χ0v) is 12.8. The van der Waals surface area contributed by atoms with Crippen molar-refractivity contribution in [3.05, 3.63) is 59.7 Å². The van der Waals surface area contributed by atoms with Gasteiger partial charge in [-0.15, -0.1) is 0 Å². The summed E-state index contributed by atoms with van der Waals surface area (Å²) < 4.78 is 6.61. The maximum Gasteiger partial charge on any atom is 0.506 e. The van der Waals surface area contributed by atoms with Gasteiger partial charge in [0, 0.05) is 0 Å². The molecule has 84 valence electrons. The van der Waals surface area contributed by atoms with Gasteiger partial charge in [0.1, 0.15) is 5.75 Å². The third-order valence-corrected chi connectivity index (χ3v) is 5.40. The van der Waals surface area contributed by atoms with E-state index in [1.54, 1.807) is 7.11 Å². The quantitative estimate of drug-likeness (QED) is 0.789. The molecule has 0 bridgehead atoms. The highest BCUT2D eigenvalue weighted by molar-refractivity contribution is 9.23. The largest absolute Gasteiger partial charge is 0.506 e. The van der Waals surface area contributed by atoms with Gasteiger partial charge in [0.2, 0.25) is 0 Å². The first-order valence-corrected chi connectivity index (χ1v) is 10.2. The molecular formula is C14H13BrMgO. The summed E-state index contributed by atoms with van der Waals surface area (Å²) in [6.07, 6.45) is 0.985. The van der Waals surface area contributed by atoms with Crippen molar-refractivity contribution >= 4 is 34.8 Å². The van der Waals surface area contributed by atoms with Gasteiger partial charge in [-0.05, 0) is 29.7 Å². The average Bonchev–Trinajstić information content (AvgIpc) is 2.40. The van der Waals surface area contributed by atoms with E-state index in [2.05, 4.69) is 49.3 Å². The molecule has 2 aromatic carbocycles. The molecule has 0 N–H and O–H groups in total. The van der Waals surface area contributed by atoms with Crippen LogP contribution in [0, 0.1) is 0 Å². The van der Waals surface area contributed by atoms with Crippen molar-refractivity contribution < 1.29 is 4.74 Å². The molecule has 0 heterocycles. The van der Waals surface area contributed by atoms with E-state index < -0.39 is 0 Å². The molecule has 0 spiro atoms. The van der Waals surface area contributed by atoms with Crippen LogP contribution < -0.4 is 8.43 Å². The van der Waals surface area contributed by atoms with Gasteiger partial charge < -0.3 is 4.74 Å². The molecule has 0 amide bonds. The predicted octanol–water partition coefficient (Wildman–Crippen LogP) is 2.93. The Morgan fingerprint density at radius 2 is 1.82 bits per heavy atom. The fourth-order valence-electron chi connectivity index (χ4n) is 1.80. The van der Waals surface area contributed by atoms with Gasteiger partial charge in [-0.2, -0.15) is 3.69 Å². The summed E-state index contributed by atoms with van der Waals surface area (Å²) >= 11 is 3.38. The smallest absolute Gasteiger partial charge is 0.497 e. The third-order valence-electron chi connectivity index (χ3n) is 2.71. The van der Waals surface area contributed by atoms with Gasteiger partial charge in [-0.1, -0.05) is 36.4 Å². The van der Waals surface area contributed by atoms with Gasteiger partial charge >= 0.3 is 18.2 Å². The third kappa shape index (κ3) is 3.73. The van der Waals surface area contributed by atoms with Gasteiger partial charge in [-0.25, -0.2) is 0 Å². The Bertz CT molecular complexity index is 482.